The molecule has 2 aliphatic rings. The van der Waals surface area contributed by atoms with Crippen molar-refractivity contribution in [1.29, 1.82) is 0 Å². The number of benzene rings is 2. The van der Waals surface area contributed by atoms with Crippen molar-refractivity contribution in [3.63, 3.8) is 0 Å². The second kappa shape index (κ2) is 9.19. The maximum absolute atomic E-state index is 13.4. The lowest BCUT2D eigenvalue weighted by Crippen LogP contribution is -2.37. The fourth-order valence-electron chi connectivity index (χ4n) is 4.44. The van der Waals surface area contributed by atoms with Crippen LogP contribution in [-0.2, 0) is 21.2 Å². The number of carbonyl (C=O) groups is 3. The van der Waals surface area contributed by atoms with Gasteiger partial charge in [-0.2, -0.15) is 13.2 Å². The topological polar surface area (TPSA) is 117 Å². The maximum Gasteiger partial charge on any atom is 0.501 e. The number of carbonyl (C=O) groups excluding carboxylic acids is 3. The number of sulfone groups is 1. The number of halogens is 3. The van der Waals surface area contributed by atoms with E-state index in [9.17, 15) is 36.0 Å². The van der Waals surface area contributed by atoms with E-state index in [0.29, 0.717) is 36.2 Å². The molecule has 1 aliphatic heterocycles. The minimum atomic E-state index is -5.59. The maximum atomic E-state index is 13.4. The average molecular weight is 559 g/mol. The molecule has 2 aromatic carbocycles. The van der Waals surface area contributed by atoms with Gasteiger partial charge < -0.3 is 10.2 Å². The summed E-state index contributed by atoms with van der Waals surface area (Å²) < 4.78 is 62.0. The smallest absolute Gasteiger partial charge is 0.322 e. The van der Waals surface area contributed by atoms with E-state index in [1.54, 1.807) is 18.2 Å². The summed E-state index contributed by atoms with van der Waals surface area (Å²) in [5.74, 6) is -1.03. The van der Waals surface area contributed by atoms with Crippen LogP contribution in [0.4, 0.5) is 29.3 Å². The molecule has 9 nitrogen and oxygen atoms in total. The van der Waals surface area contributed by atoms with Crippen LogP contribution in [0.25, 0.3) is 0 Å². The lowest BCUT2D eigenvalue weighted by molar-refractivity contribution is -0.120. The highest BCUT2D eigenvalue weighted by molar-refractivity contribution is 7.92. The zero-order chi connectivity index (χ0) is 28.2. The summed E-state index contributed by atoms with van der Waals surface area (Å²) in [6.45, 7) is 1.82. The molecule has 1 N–H and O–H groups in total. The van der Waals surface area contributed by atoms with Gasteiger partial charge >= 0.3 is 11.5 Å². The van der Waals surface area contributed by atoms with Crippen molar-refractivity contribution >= 4 is 39.1 Å². The first-order valence-corrected chi connectivity index (χ1v) is 13.2. The van der Waals surface area contributed by atoms with Gasteiger partial charge in [0.1, 0.15) is 5.54 Å². The first-order valence-electron chi connectivity index (χ1n) is 11.7. The van der Waals surface area contributed by atoms with Crippen molar-refractivity contribution in [2.24, 2.45) is 0 Å². The Bertz CT molecular complexity index is 1590. The highest BCUT2D eigenvalue weighted by Crippen LogP contribution is 2.50. The lowest BCUT2D eigenvalue weighted by atomic mass is 10.1. The average Bonchev–Trinajstić information content (AvgIpc) is 3.67. The molecule has 1 spiro atoms. The van der Waals surface area contributed by atoms with Gasteiger partial charge in [-0.1, -0.05) is 17.7 Å². The predicted molar refractivity (Wildman–Crippen MR) is 133 cm³/mol. The van der Waals surface area contributed by atoms with E-state index >= 15 is 0 Å². The minimum absolute atomic E-state index is 0.0630. The van der Waals surface area contributed by atoms with Crippen molar-refractivity contribution in [2.45, 2.75) is 42.3 Å². The van der Waals surface area contributed by atoms with Gasteiger partial charge in [0, 0.05) is 24.6 Å². The molecule has 1 saturated carbocycles. The monoisotopic (exact) mass is 558 g/mol. The second-order valence-electron chi connectivity index (χ2n) is 9.34. The number of hydrogen-bond acceptors (Lipinski definition) is 6. The number of urea groups is 1. The number of aryl methyl sites for hydroxylation is 1. The van der Waals surface area contributed by atoms with Crippen LogP contribution in [-0.4, -0.2) is 47.2 Å². The zero-order valence-electron chi connectivity index (χ0n) is 20.4. The first kappa shape index (κ1) is 26.4. The van der Waals surface area contributed by atoms with Gasteiger partial charge in [-0.3, -0.25) is 14.6 Å². The quantitative estimate of drug-likeness (QED) is 0.448. The molecule has 0 radical (unpaired) electrons. The first-order chi connectivity index (χ1) is 18.3. The number of amides is 4. The number of pyridine rings is 1. The number of aromatic nitrogens is 1. The van der Waals surface area contributed by atoms with Crippen molar-refractivity contribution in [1.82, 2.24) is 9.88 Å². The fraction of sp³-hybridized carbons (Fsp3) is 0.231. The Kier molecular flexibility index (Phi) is 6.21. The molecular weight excluding hydrogens is 537 g/mol. The Morgan fingerprint density at radius 2 is 1.67 bits per heavy atom. The number of rotatable bonds is 6. The molecular formula is C26H21F3N4O5S. The SMILES string of the molecule is Cc1ccc(NC(=O)c2cnccc2CN2C(=O)N(c3ccc(S(=O)(=O)C(F)(F)F)cc3)C(=O)C23CC3)cc1. The molecule has 0 atom stereocenters. The predicted octanol–water partition coefficient (Wildman–Crippen LogP) is 4.44. The molecule has 0 bridgehead atoms. The number of alkyl halides is 3. The minimum Gasteiger partial charge on any atom is -0.322 e. The van der Waals surface area contributed by atoms with Gasteiger partial charge in [0.2, 0.25) is 0 Å². The van der Waals surface area contributed by atoms with Gasteiger partial charge in [-0.25, -0.2) is 18.1 Å². The standard InChI is InChI=1S/C26H21F3N4O5S/c1-16-2-4-18(5-3-16)31-22(34)21-14-30-13-10-17(21)15-32-24(36)33(23(35)25(32)11-12-25)19-6-8-20(9-7-19)39(37,38)26(27,28)29/h2-10,13-14H,11-12,15H2,1H3,(H,31,34). The number of hydrogen-bond donors (Lipinski definition) is 1. The second-order valence-corrected chi connectivity index (χ2v) is 11.3. The largest absolute Gasteiger partial charge is 0.501 e. The summed E-state index contributed by atoms with van der Waals surface area (Å²) in [5.41, 5.74) is -4.48. The molecule has 5 rings (SSSR count). The van der Waals surface area contributed by atoms with Crippen molar-refractivity contribution in [3.05, 3.63) is 83.7 Å². The summed E-state index contributed by atoms with van der Waals surface area (Å²) in [4.78, 5) is 44.9. The normalized spacial score (nSPS) is 16.6. The Labute approximate surface area is 221 Å². The Balaban J connectivity index is 1.40. The Morgan fingerprint density at radius 3 is 2.26 bits per heavy atom. The number of imide groups is 1. The number of nitrogens with one attached hydrogen (secondary N) is 1. The number of anilines is 2. The molecule has 1 saturated heterocycles. The fourth-order valence-corrected chi connectivity index (χ4v) is 5.20. The van der Waals surface area contributed by atoms with Gasteiger partial charge in [0.05, 0.1) is 16.1 Å². The van der Waals surface area contributed by atoms with E-state index < -0.39 is 43.6 Å². The van der Waals surface area contributed by atoms with Gasteiger partial charge in [0.15, 0.2) is 0 Å². The molecule has 13 heteroatoms. The third-order valence-electron chi connectivity index (χ3n) is 6.77. The highest BCUT2D eigenvalue weighted by atomic mass is 32.2. The summed E-state index contributed by atoms with van der Waals surface area (Å²) >= 11 is 0. The third-order valence-corrected chi connectivity index (χ3v) is 8.27. The van der Waals surface area contributed by atoms with Crippen LogP contribution in [0.3, 0.4) is 0 Å². The van der Waals surface area contributed by atoms with Crippen LogP contribution >= 0.6 is 0 Å². The van der Waals surface area contributed by atoms with Crippen molar-refractivity contribution < 1.29 is 36.0 Å². The molecule has 0 unspecified atom stereocenters. The van der Waals surface area contributed by atoms with Crippen LogP contribution in [0, 0.1) is 6.92 Å². The summed E-state index contributed by atoms with van der Waals surface area (Å²) in [6, 6.07) is 11.4. The van der Waals surface area contributed by atoms with Crippen molar-refractivity contribution in [3.8, 4) is 0 Å². The van der Waals surface area contributed by atoms with E-state index in [1.165, 1.54) is 17.3 Å². The Morgan fingerprint density at radius 1 is 1.03 bits per heavy atom. The third kappa shape index (κ3) is 4.52. The molecule has 2 heterocycles. The molecule has 202 valence electrons. The van der Waals surface area contributed by atoms with Gasteiger partial charge in [-0.15, -0.1) is 0 Å². The molecule has 4 amide bonds. The van der Waals surface area contributed by atoms with Crippen LogP contribution in [0.15, 0.2) is 71.9 Å². The molecule has 39 heavy (non-hydrogen) atoms. The summed E-state index contributed by atoms with van der Waals surface area (Å²) in [5, 5.41) is 2.78. The van der Waals surface area contributed by atoms with E-state index in [2.05, 4.69) is 10.3 Å². The zero-order valence-corrected chi connectivity index (χ0v) is 21.2. The van der Waals surface area contributed by atoms with Crippen molar-refractivity contribution in [2.75, 3.05) is 10.2 Å². The molecule has 1 aromatic heterocycles. The molecule has 1 aliphatic carbocycles. The van der Waals surface area contributed by atoms with E-state index in [1.807, 2.05) is 19.1 Å². The van der Waals surface area contributed by atoms with Crippen LogP contribution in [0.5, 0.6) is 0 Å². The van der Waals surface area contributed by atoms with Crippen LogP contribution < -0.4 is 10.2 Å². The highest BCUT2D eigenvalue weighted by Gasteiger charge is 2.65. The van der Waals surface area contributed by atoms with Crippen LogP contribution in [0.2, 0.25) is 0 Å². The lowest BCUT2D eigenvalue weighted by Gasteiger charge is -2.22. The van der Waals surface area contributed by atoms with Gasteiger partial charge in [0.25, 0.3) is 21.7 Å². The number of nitrogens with zero attached hydrogens (tertiary/aromatic N) is 3. The molecule has 2 fully saturated rings. The van der Waals surface area contributed by atoms with E-state index in [0.717, 1.165) is 22.6 Å². The van der Waals surface area contributed by atoms with E-state index in [-0.39, 0.29) is 17.8 Å². The van der Waals surface area contributed by atoms with E-state index in [4.69, 9.17) is 0 Å². The van der Waals surface area contributed by atoms with Crippen LogP contribution in [0.1, 0.15) is 34.3 Å². The summed E-state index contributed by atoms with van der Waals surface area (Å²) in [7, 11) is -5.59. The summed E-state index contributed by atoms with van der Waals surface area (Å²) in [6.07, 6.45) is 3.55. The molecule has 3 aromatic rings. The van der Waals surface area contributed by atoms with Gasteiger partial charge in [-0.05, 0) is 67.8 Å². The Hall–Kier alpha value is -4.26.